The Morgan fingerprint density at radius 2 is 1.73 bits per heavy atom. The first kappa shape index (κ1) is 25.0. The Morgan fingerprint density at radius 3 is 2.41 bits per heavy atom. The minimum Gasteiger partial charge on any atom is -0.457 e. The maximum atomic E-state index is 14.5. The van der Waals surface area contributed by atoms with E-state index in [0.717, 1.165) is 56.5 Å². The normalized spacial score (nSPS) is 12.4. The molecule has 0 fully saturated rings. The molecule has 0 unspecified atom stereocenters. The number of benzene rings is 3. The lowest BCUT2D eigenvalue weighted by atomic mass is 9.87. The molecule has 0 saturated heterocycles. The molecule has 1 aliphatic heterocycles. The van der Waals surface area contributed by atoms with Gasteiger partial charge in [-0.25, -0.2) is 9.97 Å². The third kappa shape index (κ3) is 4.61. The van der Waals surface area contributed by atoms with Gasteiger partial charge in [-0.05, 0) is 49.6 Å². The fourth-order valence-electron chi connectivity index (χ4n) is 4.79. The summed E-state index contributed by atoms with van der Waals surface area (Å²) in [6, 6.07) is 19.9. The molecule has 0 saturated carbocycles. The Morgan fingerprint density at radius 1 is 1.03 bits per heavy atom. The highest BCUT2D eigenvalue weighted by atomic mass is 35.5. The number of imidazole rings is 1. The van der Waals surface area contributed by atoms with E-state index in [-0.39, 0.29) is 18.3 Å². The van der Waals surface area contributed by atoms with Crippen molar-refractivity contribution in [3.63, 3.8) is 0 Å². The van der Waals surface area contributed by atoms with E-state index in [1.54, 1.807) is 23.9 Å². The smallest absolute Gasteiger partial charge is 0.241 e. The molecule has 188 valence electrons. The maximum Gasteiger partial charge on any atom is 0.241 e. The largest absolute Gasteiger partial charge is 0.457 e. The van der Waals surface area contributed by atoms with Crippen molar-refractivity contribution >= 4 is 45.0 Å². The SMILES string of the molecule is Cc1ccc2sc(N(CCCn3ccnc3)C(=O)C3c4ccccc4Oc4ccccc43)nc2c1C.Cl. The molecule has 0 radical (unpaired) electrons. The van der Waals surface area contributed by atoms with Crippen LogP contribution in [0.1, 0.15) is 34.6 Å². The summed E-state index contributed by atoms with van der Waals surface area (Å²) in [5, 5.41) is 0.732. The molecule has 2 aromatic heterocycles. The van der Waals surface area contributed by atoms with Crippen LogP contribution >= 0.6 is 23.7 Å². The van der Waals surface area contributed by atoms with E-state index in [1.807, 2.05) is 64.2 Å². The van der Waals surface area contributed by atoms with Crippen molar-refractivity contribution < 1.29 is 9.53 Å². The molecule has 6 rings (SSSR count). The molecule has 0 aliphatic carbocycles. The van der Waals surface area contributed by atoms with Crippen LogP contribution < -0.4 is 9.64 Å². The highest BCUT2D eigenvalue weighted by molar-refractivity contribution is 7.22. The average molecular weight is 531 g/mol. The van der Waals surface area contributed by atoms with Crippen molar-refractivity contribution in [1.82, 2.24) is 14.5 Å². The number of para-hydroxylation sites is 2. The van der Waals surface area contributed by atoms with Crippen molar-refractivity contribution in [3.05, 3.63) is 102 Å². The van der Waals surface area contributed by atoms with Crippen LogP contribution in [0.25, 0.3) is 10.2 Å². The van der Waals surface area contributed by atoms with Crippen LogP contribution in [0.2, 0.25) is 0 Å². The quantitative estimate of drug-likeness (QED) is 0.240. The summed E-state index contributed by atoms with van der Waals surface area (Å²) >= 11 is 1.57. The zero-order chi connectivity index (χ0) is 24.6. The number of amides is 1. The topological polar surface area (TPSA) is 60.2 Å². The minimum absolute atomic E-state index is 0. The second-order valence-electron chi connectivity index (χ2n) is 9.11. The Kier molecular flexibility index (Phi) is 7.00. The molecule has 3 heterocycles. The number of aryl methyl sites for hydroxylation is 3. The first-order chi connectivity index (χ1) is 17.6. The third-order valence-electron chi connectivity index (χ3n) is 6.85. The number of aromatic nitrogens is 3. The summed E-state index contributed by atoms with van der Waals surface area (Å²) in [6.07, 6.45) is 6.31. The van der Waals surface area contributed by atoms with E-state index in [2.05, 4.69) is 31.0 Å². The average Bonchev–Trinajstić information content (AvgIpc) is 3.57. The van der Waals surface area contributed by atoms with Crippen LogP contribution in [-0.4, -0.2) is 27.0 Å². The van der Waals surface area contributed by atoms with E-state index in [0.29, 0.717) is 6.54 Å². The monoisotopic (exact) mass is 530 g/mol. The lowest BCUT2D eigenvalue weighted by Gasteiger charge is -2.31. The molecule has 0 bridgehead atoms. The van der Waals surface area contributed by atoms with E-state index >= 15 is 0 Å². The van der Waals surface area contributed by atoms with Gasteiger partial charge in [-0.3, -0.25) is 9.69 Å². The van der Waals surface area contributed by atoms with Gasteiger partial charge in [-0.15, -0.1) is 12.4 Å². The predicted octanol–water partition coefficient (Wildman–Crippen LogP) is 6.89. The molecule has 5 aromatic rings. The number of fused-ring (bicyclic) bond motifs is 3. The number of thiazole rings is 1. The first-order valence-corrected chi connectivity index (χ1v) is 12.9. The molecule has 37 heavy (non-hydrogen) atoms. The van der Waals surface area contributed by atoms with Crippen LogP contribution in [-0.2, 0) is 11.3 Å². The second kappa shape index (κ2) is 10.4. The van der Waals surface area contributed by atoms with Crippen molar-refractivity contribution in [2.24, 2.45) is 0 Å². The summed E-state index contributed by atoms with van der Waals surface area (Å²) in [7, 11) is 0. The number of hydrogen-bond donors (Lipinski definition) is 0. The second-order valence-corrected chi connectivity index (χ2v) is 10.1. The Balaban J connectivity index is 0.00000280. The summed E-state index contributed by atoms with van der Waals surface area (Å²) in [5.74, 6) is 0.999. The number of nitrogens with zero attached hydrogens (tertiary/aromatic N) is 4. The van der Waals surface area contributed by atoms with Crippen LogP contribution in [0.3, 0.4) is 0 Å². The van der Waals surface area contributed by atoms with E-state index in [1.165, 1.54) is 5.56 Å². The first-order valence-electron chi connectivity index (χ1n) is 12.1. The lowest BCUT2D eigenvalue weighted by molar-refractivity contribution is -0.119. The van der Waals surface area contributed by atoms with Gasteiger partial charge in [0, 0.05) is 36.6 Å². The fourth-order valence-corrected chi connectivity index (χ4v) is 5.85. The molecule has 1 aliphatic rings. The number of rotatable bonds is 6. The Bertz CT molecular complexity index is 1520. The maximum absolute atomic E-state index is 14.5. The fraction of sp³-hybridized carbons (Fsp3) is 0.207. The van der Waals surface area contributed by atoms with Crippen molar-refractivity contribution in [2.45, 2.75) is 32.7 Å². The molecular weight excluding hydrogens is 504 g/mol. The molecule has 3 aromatic carbocycles. The lowest BCUT2D eigenvalue weighted by Crippen LogP contribution is -2.37. The highest BCUT2D eigenvalue weighted by Gasteiger charge is 2.36. The number of anilines is 1. The van der Waals surface area contributed by atoms with E-state index < -0.39 is 5.92 Å². The van der Waals surface area contributed by atoms with E-state index in [9.17, 15) is 4.79 Å². The van der Waals surface area contributed by atoms with Crippen molar-refractivity contribution in [1.29, 1.82) is 0 Å². The molecular formula is C29H27ClN4O2S. The summed E-state index contributed by atoms with van der Waals surface area (Å²) in [6.45, 7) is 5.51. The van der Waals surface area contributed by atoms with Gasteiger partial charge in [0.05, 0.1) is 22.5 Å². The van der Waals surface area contributed by atoms with Crippen LogP contribution in [0.15, 0.2) is 79.4 Å². The molecule has 0 atom stereocenters. The minimum atomic E-state index is -0.464. The predicted molar refractivity (Wildman–Crippen MR) is 150 cm³/mol. The van der Waals surface area contributed by atoms with Gasteiger partial charge in [0.25, 0.3) is 0 Å². The summed E-state index contributed by atoms with van der Waals surface area (Å²) in [4.78, 5) is 25.5. The number of carbonyl (C=O) groups is 1. The van der Waals surface area contributed by atoms with Crippen LogP contribution in [0, 0.1) is 13.8 Å². The number of halogens is 1. The zero-order valence-electron chi connectivity index (χ0n) is 20.6. The van der Waals surface area contributed by atoms with Crippen molar-refractivity contribution in [3.8, 4) is 11.5 Å². The Hall–Kier alpha value is -3.68. The molecule has 1 amide bonds. The van der Waals surface area contributed by atoms with Crippen LogP contribution in [0.5, 0.6) is 11.5 Å². The molecule has 8 heteroatoms. The van der Waals surface area contributed by atoms with Gasteiger partial charge in [0.15, 0.2) is 5.13 Å². The van der Waals surface area contributed by atoms with Crippen molar-refractivity contribution in [2.75, 3.05) is 11.4 Å². The third-order valence-corrected chi connectivity index (χ3v) is 7.90. The van der Waals surface area contributed by atoms with Gasteiger partial charge in [-0.2, -0.15) is 0 Å². The van der Waals surface area contributed by atoms with Gasteiger partial charge in [-0.1, -0.05) is 53.8 Å². The molecule has 0 N–H and O–H groups in total. The van der Waals surface area contributed by atoms with E-state index in [4.69, 9.17) is 9.72 Å². The highest BCUT2D eigenvalue weighted by Crippen LogP contribution is 2.45. The molecule has 0 spiro atoms. The molecule has 6 nitrogen and oxygen atoms in total. The standard InChI is InChI=1S/C29H26N4O2S.ClH/c1-19-12-13-25-27(20(19)2)31-29(36-25)33(16-7-15-32-17-14-30-18-32)28(34)26-21-8-3-5-10-23(21)35-24-11-6-4-9-22(24)26;/h3-6,8-14,17-18,26H,7,15-16H2,1-2H3;1H. The number of ether oxygens (including phenoxy) is 1. The van der Waals surface area contributed by atoms with Gasteiger partial charge < -0.3 is 9.30 Å². The number of hydrogen-bond acceptors (Lipinski definition) is 5. The summed E-state index contributed by atoms with van der Waals surface area (Å²) < 4.78 is 9.28. The zero-order valence-corrected chi connectivity index (χ0v) is 22.3. The van der Waals surface area contributed by atoms with Crippen LogP contribution in [0.4, 0.5) is 5.13 Å². The van der Waals surface area contributed by atoms with Gasteiger partial charge in [0.2, 0.25) is 5.91 Å². The Labute approximate surface area is 226 Å². The summed E-state index contributed by atoms with van der Waals surface area (Å²) in [5.41, 5.74) is 5.09. The van der Waals surface area contributed by atoms with Gasteiger partial charge >= 0.3 is 0 Å². The van der Waals surface area contributed by atoms with Gasteiger partial charge in [0.1, 0.15) is 11.5 Å². The number of carbonyl (C=O) groups excluding carboxylic acids is 1.